The van der Waals surface area contributed by atoms with Crippen molar-refractivity contribution in [3.05, 3.63) is 60.3 Å². The number of H-pyrrole nitrogens is 1. The summed E-state index contributed by atoms with van der Waals surface area (Å²) in [5.41, 5.74) is 15.3. The molecule has 2 fully saturated rings. The molecule has 248 valence electrons. The number of piperidine rings is 1. The van der Waals surface area contributed by atoms with Crippen LogP contribution >= 0.6 is 12.4 Å². The number of aromatic amines is 1. The Morgan fingerprint density at radius 1 is 0.979 bits per heavy atom. The summed E-state index contributed by atoms with van der Waals surface area (Å²) in [6.45, 7) is 2.37. The minimum Gasteiger partial charge on any atom is -0.493 e. The summed E-state index contributed by atoms with van der Waals surface area (Å²) in [6, 6.07) is 13.7. The number of primary amides is 1. The summed E-state index contributed by atoms with van der Waals surface area (Å²) in [6.07, 6.45) is 8.38. The molecule has 2 aromatic heterocycles. The first-order valence-corrected chi connectivity index (χ1v) is 16.0. The zero-order valence-electron chi connectivity index (χ0n) is 26.2. The molecule has 13 nitrogen and oxygen atoms in total. The molecule has 47 heavy (non-hydrogen) atoms. The topological polar surface area (TPSA) is 193 Å². The lowest BCUT2D eigenvalue weighted by Gasteiger charge is -2.35. The number of nitrogens with one attached hydrogen (secondary N) is 1. The number of aromatic nitrogens is 6. The molecule has 0 bridgehead atoms. The maximum atomic E-state index is 14.2. The van der Waals surface area contributed by atoms with Gasteiger partial charge in [-0.3, -0.25) is 14.5 Å². The number of tetrazole rings is 1. The highest BCUT2D eigenvalue weighted by Crippen LogP contribution is 2.34. The number of benzene rings is 2. The first kappa shape index (κ1) is 33.7. The number of anilines is 2. The Morgan fingerprint density at radius 2 is 1.66 bits per heavy atom. The summed E-state index contributed by atoms with van der Waals surface area (Å²) >= 11 is 0. The van der Waals surface area contributed by atoms with Crippen molar-refractivity contribution in [2.45, 2.75) is 57.4 Å². The van der Waals surface area contributed by atoms with Gasteiger partial charge in [0.1, 0.15) is 6.04 Å². The van der Waals surface area contributed by atoms with Gasteiger partial charge in [-0.2, -0.15) is 10.2 Å². The number of nitrogens with zero attached hydrogens (tertiary/aromatic N) is 7. The molecule has 14 heteroatoms. The monoisotopic (exact) mass is 660 g/mol. The first-order chi connectivity index (χ1) is 22.4. The van der Waals surface area contributed by atoms with E-state index in [1.54, 1.807) is 35.4 Å². The van der Waals surface area contributed by atoms with Crippen LogP contribution < -0.4 is 21.3 Å². The minimum absolute atomic E-state index is 0. The molecule has 3 heterocycles. The number of rotatable bonds is 10. The van der Waals surface area contributed by atoms with E-state index in [0.717, 1.165) is 55.5 Å². The summed E-state index contributed by atoms with van der Waals surface area (Å²) in [7, 11) is 0. The third-order valence-corrected chi connectivity index (χ3v) is 9.24. The van der Waals surface area contributed by atoms with Crippen molar-refractivity contribution in [2.24, 2.45) is 23.3 Å². The molecule has 0 spiro atoms. The summed E-state index contributed by atoms with van der Waals surface area (Å²) in [4.78, 5) is 39.8. The molecule has 1 saturated heterocycles. The van der Waals surface area contributed by atoms with Crippen molar-refractivity contribution in [1.82, 2.24) is 30.6 Å². The van der Waals surface area contributed by atoms with Crippen LogP contribution in [0.15, 0.2) is 54.7 Å². The van der Waals surface area contributed by atoms with E-state index in [2.05, 4.69) is 35.5 Å². The van der Waals surface area contributed by atoms with Crippen LogP contribution in [-0.2, 0) is 16.0 Å². The van der Waals surface area contributed by atoms with Gasteiger partial charge < -0.3 is 21.5 Å². The van der Waals surface area contributed by atoms with Crippen molar-refractivity contribution < 1.29 is 14.7 Å². The lowest BCUT2D eigenvalue weighted by atomic mass is 9.81. The molecule has 6 N–H and O–H groups in total. The molecule has 1 saturated carbocycles. The normalized spacial score (nSPS) is 18.6. The Kier molecular flexibility index (Phi) is 11.0. The van der Waals surface area contributed by atoms with Gasteiger partial charge in [-0.05, 0) is 98.0 Å². The molecule has 1 aliphatic heterocycles. The van der Waals surface area contributed by atoms with Crippen LogP contribution in [0.3, 0.4) is 0 Å². The van der Waals surface area contributed by atoms with Gasteiger partial charge in [0, 0.05) is 42.9 Å². The van der Waals surface area contributed by atoms with E-state index in [1.165, 1.54) is 6.42 Å². The molecule has 2 aliphatic rings. The average molecular weight is 661 g/mol. The number of amides is 2. The van der Waals surface area contributed by atoms with E-state index in [4.69, 9.17) is 11.5 Å². The fraction of sp³-hybridized carbons (Fsp3) is 0.424. The number of hydrogen-bond acceptors (Lipinski definition) is 10. The Balaban J connectivity index is 0.00000433. The third-order valence-electron chi connectivity index (χ3n) is 9.24. The van der Waals surface area contributed by atoms with Gasteiger partial charge >= 0.3 is 0 Å². The molecule has 0 radical (unpaired) electrons. The Bertz CT molecular complexity index is 1620. The quantitative estimate of drug-likeness (QED) is 0.195. The fourth-order valence-corrected chi connectivity index (χ4v) is 6.53. The van der Waals surface area contributed by atoms with Crippen LogP contribution in [0.4, 0.5) is 11.6 Å². The van der Waals surface area contributed by atoms with E-state index < -0.39 is 11.9 Å². The molecule has 1 aliphatic carbocycles. The standard InChI is InChI=1S/C33H40N10O3.ClH/c34-19-22-6-10-25(11-7-22)32(46)43(26-14-12-24(13-15-26)30-38-40-41-39-30)28(29(35)44)18-21-4-8-23(9-5-21)27-20-36-33(37-31(27)45)42-16-2-1-3-17-42;/h4-5,8-9,12-15,20,22,25,28H,1-3,6-7,10-11,16-19,34H2,(H2,35,44)(H,36,37,45)(H,38,39,40,41);1H/t22-,25-,28-;/m0./s1. The van der Waals surface area contributed by atoms with Gasteiger partial charge in [-0.1, -0.05) is 24.3 Å². The largest absolute Gasteiger partial charge is 0.493 e. The highest BCUT2D eigenvalue weighted by atomic mass is 35.5. The van der Waals surface area contributed by atoms with Gasteiger partial charge in [0.05, 0.1) is 5.56 Å². The molecule has 6 rings (SSSR count). The molecule has 2 aromatic carbocycles. The number of aromatic hydroxyl groups is 1. The van der Waals surface area contributed by atoms with E-state index in [9.17, 15) is 14.7 Å². The lowest BCUT2D eigenvalue weighted by molar-refractivity contribution is -0.127. The fourth-order valence-electron chi connectivity index (χ4n) is 6.53. The van der Waals surface area contributed by atoms with Crippen molar-refractivity contribution in [3.8, 4) is 28.4 Å². The highest BCUT2D eigenvalue weighted by Gasteiger charge is 2.36. The third kappa shape index (κ3) is 7.68. The second-order valence-electron chi connectivity index (χ2n) is 12.2. The predicted octanol–water partition coefficient (Wildman–Crippen LogP) is 3.64. The summed E-state index contributed by atoms with van der Waals surface area (Å²) in [5.74, 6) is 0.322. The van der Waals surface area contributed by atoms with Crippen LogP contribution in [0.2, 0.25) is 0 Å². The Hall–Kier alpha value is -4.62. The maximum absolute atomic E-state index is 14.2. The van der Waals surface area contributed by atoms with Gasteiger partial charge in [0.25, 0.3) is 0 Å². The predicted molar refractivity (Wildman–Crippen MR) is 181 cm³/mol. The van der Waals surface area contributed by atoms with Crippen molar-refractivity contribution in [2.75, 3.05) is 29.4 Å². The number of nitrogens with two attached hydrogens (primary N) is 2. The zero-order valence-corrected chi connectivity index (χ0v) is 27.0. The Morgan fingerprint density at radius 3 is 2.26 bits per heavy atom. The second-order valence-corrected chi connectivity index (χ2v) is 12.2. The first-order valence-electron chi connectivity index (χ1n) is 16.0. The number of carbonyl (C=O) groups is 2. The number of halogens is 1. The van der Waals surface area contributed by atoms with E-state index in [1.807, 2.05) is 24.3 Å². The van der Waals surface area contributed by atoms with E-state index in [-0.39, 0.29) is 36.5 Å². The van der Waals surface area contributed by atoms with Crippen LogP contribution in [0.5, 0.6) is 5.88 Å². The zero-order chi connectivity index (χ0) is 32.0. The minimum atomic E-state index is -0.929. The van der Waals surface area contributed by atoms with Crippen LogP contribution in [0.25, 0.3) is 22.5 Å². The molecular weight excluding hydrogens is 620 g/mol. The van der Waals surface area contributed by atoms with Crippen LogP contribution in [0.1, 0.15) is 50.5 Å². The van der Waals surface area contributed by atoms with Crippen LogP contribution in [-0.4, -0.2) is 73.2 Å². The van der Waals surface area contributed by atoms with Gasteiger partial charge in [-0.15, -0.1) is 22.6 Å². The van der Waals surface area contributed by atoms with E-state index >= 15 is 0 Å². The van der Waals surface area contributed by atoms with Gasteiger partial charge in [0.15, 0.2) is 0 Å². The molecule has 2 amide bonds. The summed E-state index contributed by atoms with van der Waals surface area (Å²) in [5, 5.41) is 24.9. The average Bonchev–Trinajstić information content (AvgIpc) is 3.64. The summed E-state index contributed by atoms with van der Waals surface area (Å²) < 4.78 is 0. The van der Waals surface area contributed by atoms with Gasteiger partial charge in [-0.25, -0.2) is 4.98 Å². The number of carbonyl (C=O) groups excluding carboxylic acids is 2. The van der Waals surface area contributed by atoms with Crippen molar-refractivity contribution in [1.29, 1.82) is 0 Å². The SMILES string of the molecule is Cl.NC[C@H]1CC[C@H](C(=O)N(c2ccc(-c3nn[nH]n3)cc2)[C@@H](Cc2ccc(-c3cnc(N4CCCCC4)nc3O)cc2)C(N)=O)CC1. The number of hydrogen-bond donors (Lipinski definition) is 4. The van der Waals surface area contributed by atoms with Crippen molar-refractivity contribution in [3.63, 3.8) is 0 Å². The van der Waals surface area contributed by atoms with E-state index in [0.29, 0.717) is 48.3 Å². The maximum Gasteiger partial charge on any atom is 0.240 e. The lowest BCUT2D eigenvalue weighted by Crippen LogP contribution is -2.52. The molecule has 0 unspecified atom stereocenters. The van der Waals surface area contributed by atoms with Crippen LogP contribution in [0, 0.1) is 11.8 Å². The molecule has 4 aromatic rings. The van der Waals surface area contributed by atoms with Gasteiger partial charge in [0.2, 0.25) is 29.5 Å². The highest BCUT2D eigenvalue weighted by molar-refractivity contribution is 6.01. The van der Waals surface area contributed by atoms with Crippen molar-refractivity contribution >= 4 is 35.9 Å². The molecular formula is C33H41ClN10O3. The second kappa shape index (κ2) is 15.3. The Labute approximate surface area is 279 Å². The smallest absolute Gasteiger partial charge is 0.240 e. The molecule has 1 atom stereocenters.